The number of H-pyrrole nitrogens is 1. The molecule has 0 spiro atoms. The Bertz CT molecular complexity index is 718. The van der Waals surface area contributed by atoms with Gasteiger partial charge in [-0.2, -0.15) is 5.10 Å². The molecule has 3 rings (SSSR count). The number of rotatable bonds is 3. The highest BCUT2D eigenvalue weighted by molar-refractivity contribution is 7.12. The second kappa shape index (κ2) is 4.94. The third-order valence-electron chi connectivity index (χ3n) is 3.33. The van der Waals surface area contributed by atoms with E-state index in [0.717, 1.165) is 23.1 Å². The fourth-order valence-electron chi connectivity index (χ4n) is 2.17. The molecule has 20 heavy (non-hydrogen) atoms. The molecule has 2 N–H and O–H groups in total. The first-order chi connectivity index (χ1) is 9.54. The molecule has 0 radical (unpaired) electrons. The Labute approximate surface area is 123 Å². The third-order valence-corrected chi connectivity index (χ3v) is 4.84. The second-order valence-electron chi connectivity index (χ2n) is 6.01. The van der Waals surface area contributed by atoms with Crippen LogP contribution in [0, 0.1) is 0 Å². The number of hydrogen-bond donors (Lipinski definition) is 2. The molecule has 0 aliphatic carbocycles. The van der Waals surface area contributed by atoms with E-state index in [4.69, 9.17) is 0 Å². The van der Waals surface area contributed by atoms with Crippen molar-refractivity contribution in [2.24, 2.45) is 0 Å². The van der Waals surface area contributed by atoms with Gasteiger partial charge in [0.05, 0.1) is 17.4 Å². The Hall–Kier alpha value is -1.81. The van der Waals surface area contributed by atoms with Crippen LogP contribution >= 0.6 is 11.3 Å². The standard InChI is InChI=1S/C16H19N3S/c1-16(2,3)14-8-7-12(20-14)10-17-13-6-4-5-11-9-18-19-15(11)13/h4-9,17H,10H2,1-3H3,(H,18,19). The van der Waals surface area contributed by atoms with Crippen molar-refractivity contribution in [3.8, 4) is 0 Å². The molecule has 0 unspecified atom stereocenters. The summed E-state index contributed by atoms with van der Waals surface area (Å²) >= 11 is 1.88. The summed E-state index contributed by atoms with van der Waals surface area (Å²) in [6.07, 6.45) is 1.85. The van der Waals surface area contributed by atoms with E-state index < -0.39 is 0 Å². The van der Waals surface area contributed by atoms with E-state index in [9.17, 15) is 0 Å². The van der Waals surface area contributed by atoms with Crippen molar-refractivity contribution in [3.05, 3.63) is 46.3 Å². The van der Waals surface area contributed by atoms with Crippen LogP contribution in [0.25, 0.3) is 10.9 Å². The number of fused-ring (bicyclic) bond motifs is 1. The minimum Gasteiger partial charge on any atom is -0.378 e. The van der Waals surface area contributed by atoms with Crippen molar-refractivity contribution in [2.45, 2.75) is 32.7 Å². The molecule has 2 heterocycles. The van der Waals surface area contributed by atoms with Crippen molar-refractivity contribution < 1.29 is 0 Å². The largest absolute Gasteiger partial charge is 0.378 e. The van der Waals surface area contributed by atoms with Gasteiger partial charge in [-0.25, -0.2) is 0 Å². The number of thiophene rings is 1. The topological polar surface area (TPSA) is 40.7 Å². The van der Waals surface area contributed by atoms with Crippen LogP contribution in [0.1, 0.15) is 30.5 Å². The Morgan fingerprint density at radius 1 is 1.20 bits per heavy atom. The molecule has 3 aromatic rings. The van der Waals surface area contributed by atoms with Crippen LogP contribution in [0.2, 0.25) is 0 Å². The fourth-order valence-corrected chi connectivity index (χ4v) is 3.18. The summed E-state index contributed by atoms with van der Waals surface area (Å²) in [7, 11) is 0. The van der Waals surface area contributed by atoms with E-state index in [1.54, 1.807) is 0 Å². The van der Waals surface area contributed by atoms with Crippen molar-refractivity contribution >= 4 is 27.9 Å². The van der Waals surface area contributed by atoms with Gasteiger partial charge in [-0.1, -0.05) is 32.9 Å². The summed E-state index contributed by atoms with van der Waals surface area (Å²) in [6.45, 7) is 7.60. The Balaban J connectivity index is 1.76. The molecule has 0 saturated heterocycles. The SMILES string of the molecule is CC(C)(C)c1ccc(CNc2cccc3cn[nH]c23)s1. The third kappa shape index (κ3) is 2.56. The van der Waals surface area contributed by atoms with Gasteiger partial charge in [-0.3, -0.25) is 5.10 Å². The molecule has 0 bridgehead atoms. The van der Waals surface area contributed by atoms with Crippen LogP contribution in [-0.4, -0.2) is 10.2 Å². The zero-order valence-corrected chi connectivity index (χ0v) is 12.8. The molecule has 104 valence electrons. The molecule has 1 aromatic carbocycles. The lowest BCUT2D eigenvalue weighted by Crippen LogP contribution is -2.07. The number of aromatic nitrogens is 2. The van der Waals surface area contributed by atoms with Gasteiger partial charge in [-0.15, -0.1) is 11.3 Å². The first-order valence-corrected chi connectivity index (χ1v) is 7.61. The highest BCUT2D eigenvalue weighted by Gasteiger charge is 2.15. The number of anilines is 1. The molecule has 4 heteroatoms. The van der Waals surface area contributed by atoms with Crippen LogP contribution in [0.3, 0.4) is 0 Å². The van der Waals surface area contributed by atoms with Crippen LogP contribution < -0.4 is 5.32 Å². The average molecular weight is 285 g/mol. The lowest BCUT2D eigenvalue weighted by Gasteiger charge is -2.15. The number of nitrogens with zero attached hydrogens (tertiary/aromatic N) is 1. The Morgan fingerprint density at radius 3 is 2.80 bits per heavy atom. The summed E-state index contributed by atoms with van der Waals surface area (Å²) in [4.78, 5) is 2.78. The van der Waals surface area contributed by atoms with Crippen LogP contribution in [0.4, 0.5) is 5.69 Å². The van der Waals surface area contributed by atoms with E-state index >= 15 is 0 Å². The predicted octanol–water partition coefficient (Wildman–Crippen LogP) is 4.53. The number of para-hydroxylation sites is 1. The van der Waals surface area contributed by atoms with E-state index in [1.807, 2.05) is 17.5 Å². The average Bonchev–Trinajstić information content (AvgIpc) is 3.04. The van der Waals surface area contributed by atoms with E-state index in [2.05, 4.69) is 66.6 Å². The Morgan fingerprint density at radius 2 is 2.05 bits per heavy atom. The maximum atomic E-state index is 4.09. The number of nitrogens with one attached hydrogen (secondary N) is 2. The highest BCUT2D eigenvalue weighted by atomic mass is 32.1. The van der Waals surface area contributed by atoms with E-state index in [0.29, 0.717) is 0 Å². The Kier molecular flexibility index (Phi) is 3.26. The summed E-state index contributed by atoms with van der Waals surface area (Å²) in [5, 5.41) is 11.8. The lowest BCUT2D eigenvalue weighted by molar-refractivity contribution is 0.604. The number of benzene rings is 1. The summed E-state index contributed by atoms with van der Waals surface area (Å²) in [5.74, 6) is 0. The summed E-state index contributed by atoms with van der Waals surface area (Å²) in [6, 6.07) is 10.6. The predicted molar refractivity (Wildman–Crippen MR) is 86.4 cm³/mol. The molecule has 3 nitrogen and oxygen atoms in total. The van der Waals surface area contributed by atoms with Gasteiger partial charge in [0, 0.05) is 21.7 Å². The lowest BCUT2D eigenvalue weighted by atomic mass is 9.95. The molecule has 0 saturated carbocycles. The van der Waals surface area contributed by atoms with Crippen molar-refractivity contribution in [1.29, 1.82) is 0 Å². The smallest absolute Gasteiger partial charge is 0.0881 e. The molecule has 2 aromatic heterocycles. The number of aromatic amines is 1. The minimum atomic E-state index is 0.228. The van der Waals surface area contributed by atoms with Gasteiger partial charge in [0.1, 0.15) is 0 Å². The monoisotopic (exact) mass is 285 g/mol. The van der Waals surface area contributed by atoms with Gasteiger partial charge in [0.2, 0.25) is 0 Å². The quantitative estimate of drug-likeness (QED) is 0.742. The van der Waals surface area contributed by atoms with Gasteiger partial charge in [0.15, 0.2) is 0 Å². The summed E-state index contributed by atoms with van der Waals surface area (Å²) < 4.78 is 0. The normalized spacial score (nSPS) is 11.9. The molecule has 0 fully saturated rings. The molecule has 0 aliphatic rings. The van der Waals surface area contributed by atoms with Crippen molar-refractivity contribution in [2.75, 3.05) is 5.32 Å². The van der Waals surface area contributed by atoms with Gasteiger partial charge < -0.3 is 5.32 Å². The van der Waals surface area contributed by atoms with Crippen LogP contribution in [0.5, 0.6) is 0 Å². The molecular formula is C16H19N3S. The van der Waals surface area contributed by atoms with E-state index in [1.165, 1.54) is 9.75 Å². The summed E-state index contributed by atoms with van der Waals surface area (Å²) in [5.41, 5.74) is 2.40. The van der Waals surface area contributed by atoms with Crippen LogP contribution in [-0.2, 0) is 12.0 Å². The van der Waals surface area contributed by atoms with E-state index in [-0.39, 0.29) is 5.41 Å². The minimum absolute atomic E-state index is 0.228. The van der Waals surface area contributed by atoms with Crippen molar-refractivity contribution in [1.82, 2.24) is 10.2 Å². The molecule has 0 aliphatic heterocycles. The van der Waals surface area contributed by atoms with Gasteiger partial charge >= 0.3 is 0 Å². The van der Waals surface area contributed by atoms with Crippen LogP contribution in [0.15, 0.2) is 36.5 Å². The second-order valence-corrected chi connectivity index (χ2v) is 7.18. The molecule has 0 atom stereocenters. The fraction of sp³-hybridized carbons (Fsp3) is 0.312. The molecule has 0 amide bonds. The maximum Gasteiger partial charge on any atom is 0.0881 e. The number of hydrogen-bond acceptors (Lipinski definition) is 3. The maximum absolute atomic E-state index is 4.09. The zero-order chi connectivity index (χ0) is 14.2. The van der Waals surface area contributed by atoms with Gasteiger partial charge in [-0.05, 0) is 23.6 Å². The first kappa shape index (κ1) is 13.2. The molecular weight excluding hydrogens is 266 g/mol. The highest BCUT2D eigenvalue weighted by Crippen LogP contribution is 2.30. The zero-order valence-electron chi connectivity index (χ0n) is 12.0. The van der Waals surface area contributed by atoms with Gasteiger partial charge in [0.25, 0.3) is 0 Å². The first-order valence-electron chi connectivity index (χ1n) is 6.79. The van der Waals surface area contributed by atoms with Crippen molar-refractivity contribution in [3.63, 3.8) is 0 Å².